The van der Waals surface area contributed by atoms with Crippen LogP contribution >= 0.6 is 0 Å². The van der Waals surface area contributed by atoms with Gasteiger partial charge >= 0.3 is 0 Å². The van der Waals surface area contributed by atoms with Gasteiger partial charge in [-0.2, -0.15) is 5.10 Å². The zero-order valence-corrected chi connectivity index (χ0v) is 14.9. The van der Waals surface area contributed by atoms with E-state index in [2.05, 4.69) is 5.10 Å². The van der Waals surface area contributed by atoms with E-state index in [1.54, 1.807) is 42.5 Å². The number of hydrogen-bond donors (Lipinski definition) is 0. The number of hydrogen-bond acceptors (Lipinski definition) is 4. The zero-order valence-electron chi connectivity index (χ0n) is 14.9. The molecule has 3 aromatic rings. The van der Waals surface area contributed by atoms with Gasteiger partial charge in [0.25, 0.3) is 11.6 Å². The molecule has 138 valence electrons. The average Bonchev–Trinajstić information content (AvgIpc) is 3.20. The number of amides is 1. The van der Waals surface area contributed by atoms with Gasteiger partial charge in [0.15, 0.2) is 0 Å². The SMILES string of the molecule is O=C(c1ccccc1)N1N=C(c2ccccc2)C[C@@H]1c1ccccc1[N+](=O)[O-]. The molecule has 0 fully saturated rings. The Morgan fingerprint density at radius 2 is 1.54 bits per heavy atom. The molecule has 6 nitrogen and oxygen atoms in total. The van der Waals surface area contributed by atoms with Crippen LogP contribution < -0.4 is 0 Å². The van der Waals surface area contributed by atoms with Crippen molar-refractivity contribution in [3.8, 4) is 0 Å². The third kappa shape index (κ3) is 3.27. The minimum absolute atomic E-state index is 0.0112. The van der Waals surface area contributed by atoms with Gasteiger partial charge in [0, 0.05) is 18.1 Å². The molecule has 1 heterocycles. The van der Waals surface area contributed by atoms with Crippen molar-refractivity contribution in [1.29, 1.82) is 0 Å². The van der Waals surface area contributed by atoms with Crippen LogP contribution in [-0.2, 0) is 0 Å². The Hall–Kier alpha value is -3.80. The lowest BCUT2D eigenvalue weighted by atomic mass is 9.97. The maximum Gasteiger partial charge on any atom is 0.274 e. The summed E-state index contributed by atoms with van der Waals surface area (Å²) in [5.41, 5.74) is 2.58. The van der Waals surface area contributed by atoms with Gasteiger partial charge < -0.3 is 0 Å². The van der Waals surface area contributed by atoms with Crippen molar-refractivity contribution in [2.24, 2.45) is 5.10 Å². The number of nitro groups is 1. The Kier molecular flexibility index (Phi) is 4.68. The second-order valence-electron chi connectivity index (χ2n) is 6.46. The third-order valence-corrected chi connectivity index (χ3v) is 4.74. The number of para-hydroxylation sites is 1. The molecule has 0 saturated heterocycles. The fourth-order valence-corrected chi connectivity index (χ4v) is 3.39. The van der Waals surface area contributed by atoms with Crippen LogP contribution in [0.15, 0.2) is 90.0 Å². The Bertz CT molecular complexity index is 1050. The summed E-state index contributed by atoms with van der Waals surface area (Å²) < 4.78 is 0. The van der Waals surface area contributed by atoms with Gasteiger partial charge in [0.1, 0.15) is 0 Å². The van der Waals surface area contributed by atoms with Crippen molar-refractivity contribution in [2.75, 3.05) is 0 Å². The minimum atomic E-state index is -0.537. The number of nitro benzene ring substituents is 1. The molecule has 0 saturated carbocycles. The molecular weight excluding hydrogens is 354 g/mol. The lowest BCUT2D eigenvalue weighted by molar-refractivity contribution is -0.385. The van der Waals surface area contributed by atoms with Gasteiger partial charge in [-0.1, -0.05) is 60.7 Å². The molecule has 0 radical (unpaired) electrons. The van der Waals surface area contributed by atoms with Crippen LogP contribution in [0.4, 0.5) is 5.69 Å². The van der Waals surface area contributed by atoms with Gasteiger partial charge in [-0.25, -0.2) is 5.01 Å². The van der Waals surface area contributed by atoms with Crippen LogP contribution in [-0.4, -0.2) is 21.6 Å². The smallest absolute Gasteiger partial charge is 0.267 e. The summed E-state index contributed by atoms with van der Waals surface area (Å²) in [6.45, 7) is 0. The van der Waals surface area contributed by atoms with E-state index in [4.69, 9.17) is 0 Å². The second kappa shape index (κ2) is 7.44. The lowest BCUT2D eigenvalue weighted by Gasteiger charge is -2.22. The van der Waals surface area contributed by atoms with Crippen LogP contribution in [0.3, 0.4) is 0 Å². The number of carbonyl (C=O) groups excluding carboxylic acids is 1. The Morgan fingerprint density at radius 3 is 2.21 bits per heavy atom. The number of carbonyl (C=O) groups is 1. The first kappa shape index (κ1) is 17.6. The molecule has 1 aliphatic heterocycles. The molecule has 1 atom stereocenters. The first-order valence-corrected chi connectivity index (χ1v) is 8.90. The number of nitrogens with zero attached hydrogens (tertiary/aromatic N) is 3. The molecule has 28 heavy (non-hydrogen) atoms. The molecule has 0 unspecified atom stereocenters. The molecule has 3 aromatic carbocycles. The normalized spacial score (nSPS) is 15.9. The van der Waals surface area contributed by atoms with Gasteiger partial charge in [-0.3, -0.25) is 14.9 Å². The molecule has 0 spiro atoms. The highest BCUT2D eigenvalue weighted by atomic mass is 16.6. The molecule has 0 aromatic heterocycles. The van der Waals surface area contributed by atoms with Crippen molar-refractivity contribution in [1.82, 2.24) is 5.01 Å². The first-order valence-electron chi connectivity index (χ1n) is 8.90. The summed E-state index contributed by atoms with van der Waals surface area (Å²) in [6.07, 6.45) is 0.410. The van der Waals surface area contributed by atoms with E-state index >= 15 is 0 Å². The molecule has 6 heteroatoms. The molecule has 1 amide bonds. The van der Waals surface area contributed by atoms with Crippen LogP contribution in [0.25, 0.3) is 0 Å². The summed E-state index contributed by atoms with van der Waals surface area (Å²) in [7, 11) is 0. The average molecular weight is 371 g/mol. The number of benzene rings is 3. The summed E-state index contributed by atoms with van der Waals surface area (Å²) in [6, 6.07) is 24.4. The quantitative estimate of drug-likeness (QED) is 0.497. The van der Waals surface area contributed by atoms with Gasteiger partial charge in [-0.05, 0) is 23.8 Å². The largest absolute Gasteiger partial charge is 0.274 e. The monoisotopic (exact) mass is 371 g/mol. The summed E-state index contributed by atoms with van der Waals surface area (Å²) in [5, 5.41) is 17.5. The van der Waals surface area contributed by atoms with Crippen molar-refractivity contribution in [2.45, 2.75) is 12.5 Å². The van der Waals surface area contributed by atoms with Crippen molar-refractivity contribution in [3.05, 3.63) is 112 Å². The van der Waals surface area contributed by atoms with E-state index in [-0.39, 0.29) is 11.6 Å². The first-order chi connectivity index (χ1) is 13.6. The maximum absolute atomic E-state index is 13.1. The summed E-state index contributed by atoms with van der Waals surface area (Å²) in [4.78, 5) is 24.3. The van der Waals surface area contributed by atoms with Gasteiger partial charge in [0.05, 0.1) is 22.2 Å². The predicted octanol–water partition coefficient (Wildman–Crippen LogP) is 4.59. The maximum atomic E-state index is 13.1. The molecule has 0 aliphatic carbocycles. The highest BCUT2D eigenvalue weighted by molar-refractivity contribution is 6.05. The fraction of sp³-hybridized carbons (Fsp3) is 0.0909. The van der Waals surface area contributed by atoms with Crippen molar-refractivity contribution < 1.29 is 9.72 Å². The summed E-state index contributed by atoms with van der Waals surface area (Å²) in [5.74, 6) is -0.283. The minimum Gasteiger partial charge on any atom is -0.267 e. The molecule has 4 rings (SSSR count). The van der Waals surface area contributed by atoms with Crippen molar-refractivity contribution >= 4 is 17.3 Å². The molecule has 0 bridgehead atoms. The predicted molar refractivity (Wildman–Crippen MR) is 106 cm³/mol. The van der Waals surface area contributed by atoms with E-state index in [1.165, 1.54) is 11.1 Å². The Balaban J connectivity index is 1.79. The van der Waals surface area contributed by atoms with E-state index < -0.39 is 11.0 Å². The van der Waals surface area contributed by atoms with E-state index in [9.17, 15) is 14.9 Å². The number of hydrazone groups is 1. The Labute approximate surface area is 161 Å². The second-order valence-corrected chi connectivity index (χ2v) is 6.46. The highest BCUT2D eigenvalue weighted by Crippen LogP contribution is 2.38. The topological polar surface area (TPSA) is 75.8 Å². The van der Waals surface area contributed by atoms with Gasteiger partial charge in [0.2, 0.25) is 0 Å². The van der Waals surface area contributed by atoms with E-state index in [1.807, 2.05) is 36.4 Å². The molecule has 0 N–H and O–H groups in total. The van der Waals surface area contributed by atoms with E-state index in [0.717, 1.165) is 11.3 Å². The zero-order chi connectivity index (χ0) is 19.5. The van der Waals surface area contributed by atoms with Crippen LogP contribution in [0.2, 0.25) is 0 Å². The van der Waals surface area contributed by atoms with Crippen LogP contribution in [0.5, 0.6) is 0 Å². The Morgan fingerprint density at radius 1 is 0.929 bits per heavy atom. The fourth-order valence-electron chi connectivity index (χ4n) is 3.39. The number of rotatable bonds is 4. The van der Waals surface area contributed by atoms with Crippen molar-refractivity contribution in [3.63, 3.8) is 0 Å². The van der Waals surface area contributed by atoms with Gasteiger partial charge in [-0.15, -0.1) is 0 Å². The molecular formula is C22H17N3O3. The van der Waals surface area contributed by atoms with Crippen LogP contribution in [0, 0.1) is 10.1 Å². The highest BCUT2D eigenvalue weighted by Gasteiger charge is 2.36. The summed E-state index contributed by atoms with van der Waals surface area (Å²) >= 11 is 0. The standard InChI is InChI=1S/C22H17N3O3/c26-22(17-11-5-2-6-12-17)24-21(18-13-7-8-14-20(18)25(27)28)15-19(23-24)16-9-3-1-4-10-16/h1-14,21H,15H2/t21-/m1/s1. The third-order valence-electron chi connectivity index (χ3n) is 4.74. The van der Waals surface area contributed by atoms with Crippen LogP contribution in [0.1, 0.15) is 33.9 Å². The van der Waals surface area contributed by atoms with E-state index in [0.29, 0.717) is 17.5 Å². The molecule has 1 aliphatic rings. The lowest BCUT2D eigenvalue weighted by Crippen LogP contribution is -2.27.